The standard InChI is InChI=1S/C43H69O8P/c1-3-5-7-9-11-13-15-17-19-20-21-22-24-25-27-29-31-33-35-37-42(44)49-39-41(40-50-52(46,47)48)51-43(45)38-36-34-32-30-28-26-23-18-16-14-12-10-8-6-4-2/h11-14,17-19,21-23,25,27-28,30-31,33,41H,3-10,15-16,20,24,26,29,32,34-40H2,1-2H3,(H2,46,47,48)/b13-11-,14-12-,19-17-,22-21-,23-18-,27-25-,30-28-,33-31-/t41-/m1/s1. The number of phosphoric ester groups is 1. The Bertz CT molecular complexity index is 1160. The molecule has 0 amide bonds. The zero-order valence-electron chi connectivity index (χ0n) is 32.2. The van der Waals surface area contributed by atoms with E-state index < -0.39 is 32.5 Å². The molecule has 0 aliphatic carbocycles. The van der Waals surface area contributed by atoms with Gasteiger partial charge in [-0.1, -0.05) is 137 Å². The van der Waals surface area contributed by atoms with E-state index in [1.54, 1.807) is 0 Å². The minimum absolute atomic E-state index is 0.130. The molecule has 1 atom stereocenters. The van der Waals surface area contributed by atoms with Gasteiger partial charge in [-0.15, -0.1) is 0 Å². The highest BCUT2D eigenvalue weighted by molar-refractivity contribution is 7.46. The van der Waals surface area contributed by atoms with Crippen molar-refractivity contribution in [3.05, 3.63) is 97.2 Å². The summed E-state index contributed by atoms with van der Waals surface area (Å²) in [4.78, 5) is 42.7. The van der Waals surface area contributed by atoms with Crippen LogP contribution in [0, 0.1) is 0 Å². The molecule has 0 spiro atoms. The van der Waals surface area contributed by atoms with Crippen LogP contribution < -0.4 is 0 Å². The molecule has 0 aromatic rings. The van der Waals surface area contributed by atoms with Crippen molar-refractivity contribution in [2.45, 2.75) is 148 Å². The third-order valence-corrected chi connectivity index (χ3v) is 8.07. The molecule has 52 heavy (non-hydrogen) atoms. The van der Waals surface area contributed by atoms with Gasteiger partial charge < -0.3 is 19.3 Å². The van der Waals surface area contributed by atoms with E-state index in [2.05, 4.69) is 103 Å². The highest BCUT2D eigenvalue weighted by atomic mass is 31.2. The predicted octanol–water partition coefficient (Wildman–Crippen LogP) is 11.8. The first kappa shape index (κ1) is 49.0. The summed E-state index contributed by atoms with van der Waals surface area (Å²) in [5.74, 6) is -1.04. The van der Waals surface area contributed by atoms with Crippen LogP contribution in [0.3, 0.4) is 0 Å². The summed E-state index contributed by atoms with van der Waals surface area (Å²) < 4.78 is 26.2. The first-order valence-electron chi connectivity index (χ1n) is 19.5. The summed E-state index contributed by atoms with van der Waals surface area (Å²) in [5.41, 5.74) is 0. The Morgan fingerprint density at radius 1 is 0.500 bits per heavy atom. The first-order chi connectivity index (χ1) is 25.3. The van der Waals surface area contributed by atoms with Crippen LogP contribution in [0.5, 0.6) is 0 Å². The molecular weight excluding hydrogens is 675 g/mol. The SMILES string of the molecule is CCCCC/C=C\C/C=C\C/C=C\C/C=C\C/C=C\CCC(=O)OC[C@H](COP(=O)(O)O)OC(=O)CCCC/C=C\C/C=C\C/C=C\CCCCC. The average molecular weight is 745 g/mol. The topological polar surface area (TPSA) is 119 Å². The lowest BCUT2D eigenvalue weighted by Gasteiger charge is -2.18. The molecule has 0 radical (unpaired) electrons. The molecule has 0 saturated heterocycles. The van der Waals surface area contributed by atoms with Crippen molar-refractivity contribution in [3.8, 4) is 0 Å². The van der Waals surface area contributed by atoms with Crippen LogP contribution in [0.1, 0.15) is 142 Å². The Balaban J connectivity index is 4.18. The van der Waals surface area contributed by atoms with Gasteiger partial charge in [0.15, 0.2) is 6.10 Å². The summed E-state index contributed by atoms with van der Waals surface area (Å²) in [7, 11) is -4.78. The van der Waals surface area contributed by atoms with Crippen LogP contribution >= 0.6 is 7.82 Å². The largest absolute Gasteiger partial charge is 0.469 e. The van der Waals surface area contributed by atoms with E-state index in [1.165, 1.54) is 44.9 Å². The molecule has 0 unspecified atom stereocenters. The number of allylic oxidation sites excluding steroid dienone is 16. The van der Waals surface area contributed by atoms with Crippen LogP contribution in [-0.2, 0) is 28.2 Å². The van der Waals surface area contributed by atoms with Crippen molar-refractivity contribution in [1.82, 2.24) is 0 Å². The molecule has 8 nitrogen and oxygen atoms in total. The van der Waals surface area contributed by atoms with Gasteiger partial charge in [-0.05, 0) is 89.9 Å². The highest BCUT2D eigenvalue weighted by Crippen LogP contribution is 2.35. The van der Waals surface area contributed by atoms with Crippen molar-refractivity contribution >= 4 is 19.8 Å². The lowest BCUT2D eigenvalue weighted by Crippen LogP contribution is -2.29. The van der Waals surface area contributed by atoms with E-state index in [0.29, 0.717) is 12.8 Å². The van der Waals surface area contributed by atoms with Gasteiger partial charge >= 0.3 is 19.8 Å². The van der Waals surface area contributed by atoms with Gasteiger partial charge in [-0.2, -0.15) is 0 Å². The summed E-state index contributed by atoms with van der Waals surface area (Å²) in [6, 6.07) is 0. The number of esters is 2. The fraction of sp³-hybridized carbons (Fsp3) is 0.581. The molecule has 0 saturated carbocycles. The van der Waals surface area contributed by atoms with Gasteiger partial charge in [0.2, 0.25) is 0 Å². The second-order valence-electron chi connectivity index (χ2n) is 12.5. The summed E-state index contributed by atoms with van der Waals surface area (Å²) >= 11 is 0. The van der Waals surface area contributed by atoms with Crippen LogP contribution in [0.2, 0.25) is 0 Å². The zero-order chi connectivity index (χ0) is 38.2. The highest BCUT2D eigenvalue weighted by Gasteiger charge is 2.22. The molecule has 0 fully saturated rings. The Kier molecular flexibility index (Phi) is 35.5. The molecule has 9 heteroatoms. The van der Waals surface area contributed by atoms with Crippen LogP contribution in [0.25, 0.3) is 0 Å². The Labute approximate surface area is 315 Å². The lowest BCUT2D eigenvalue weighted by atomic mass is 10.1. The average Bonchev–Trinajstić information content (AvgIpc) is 3.11. The van der Waals surface area contributed by atoms with Gasteiger partial charge in [0.05, 0.1) is 6.61 Å². The van der Waals surface area contributed by atoms with Crippen LogP contribution in [0.15, 0.2) is 97.2 Å². The molecule has 2 N–H and O–H groups in total. The Hall–Kier alpha value is -3.03. The maximum Gasteiger partial charge on any atom is 0.469 e. The normalized spacial score (nSPS) is 13.5. The molecule has 0 rings (SSSR count). The van der Waals surface area contributed by atoms with Crippen LogP contribution in [0.4, 0.5) is 0 Å². The first-order valence-corrected chi connectivity index (χ1v) is 21.1. The Morgan fingerprint density at radius 3 is 1.29 bits per heavy atom. The van der Waals surface area contributed by atoms with E-state index in [4.69, 9.17) is 19.3 Å². The summed E-state index contributed by atoms with van der Waals surface area (Å²) in [6.45, 7) is 3.51. The van der Waals surface area contributed by atoms with E-state index in [0.717, 1.165) is 57.8 Å². The van der Waals surface area contributed by atoms with Gasteiger partial charge in [0.25, 0.3) is 0 Å². The van der Waals surface area contributed by atoms with Gasteiger partial charge in [0.1, 0.15) is 6.61 Å². The summed E-state index contributed by atoms with van der Waals surface area (Å²) in [6.07, 6.45) is 51.4. The van der Waals surface area contributed by atoms with Gasteiger partial charge in [0, 0.05) is 12.8 Å². The van der Waals surface area contributed by atoms with Crippen molar-refractivity contribution in [2.75, 3.05) is 13.2 Å². The number of carbonyl (C=O) groups is 2. The number of phosphoric acid groups is 1. The second-order valence-corrected chi connectivity index (χ2v) is 13.8. The maximum atomic E-state index is 12.3. The fourth-order valence-electron chi connectivity index (χ4n) is 4.65. The zero-order valence-corrected chi connectivity index (χ0v) is 33.1. The molecule has 0 aromatic carbocycles. The number of carbonyl (C=O) groups excluding carboxylic acids is 2. The molecule has 0 aliphatic heterocycles. The number of rotatable bonds is 34. The van der Waals surface area contributed by atoms with E-state index in [-0.39, 0.29) is 19.4 Å². The monoisotopic (exact) mass is 744 g/mol. The third kappa shape index (κ3) is 39.8. The van der Waals surface area contributed by atoms with Gasteiger partial charge in [-0.25, -0.2) is 4.57 Å². The number of hydrogen-bond donors (Lipinski definition) is 2. The molecule has 0 bridgehead atoms. The minimum Gasteiger partial charge on any atom is -0.462 e. The van der Waals surface area contributed by atoms with Crippen LogP contribution in [-0.4, -0.2) is 41.0 Å². The number of unbranched alkanes of at least 4 members (excludes halogenated alkanes) is 8. The number of hydrogen-bond acceptors (Lipinski definition) is 6. The quantitative estimate of drug-likeness (QED) is 0.0289. The van der Waals surface area contributed by atoms with Crippen molar-refractivity contribution in [3.63, 3.8) is 0 Å². The Morgan fingerprint density at radius 2 is 0.885 bits per heavy atom. The fourth-order valence-corrected chi connectivity index (χ4v) is 5.01. The van der Waals surface area contributed by atoms with Crippen molar-refractivity contribution < 1.29 is 37.9 Å². The van der Waals surface area contributed by atoms with Gasteiger partial charge in [-0.3, -0.25) is 14.1 Å². The van der Waals surface area contributed by atoms with E-state index in [1.807, 2.05) is 12.2 Å². The van der Waals surface area contributed by atoms with E-state index in [9.17, 15) is 14.2 Å². The number of ether oxygens (including phenoxy) is 2. The third-order valence-electron chi connectivity index (χ3n) is 7.59. The molecular formula is C43H69O8P. The molecule has 0 aromatic heterocycles. The lowest BCUT2D eigenvalue weighted by molar-refractivity contribution is -0.161. The molecule has 0 heterocycles. The summed E-state index contributed by atoms with van der Waals surface area (Å²) in [5, 5.41) is 0. The van der Waals surface area contributed by atoms with E-state index >= 15 is 0 Å². The molecule has 294 valence electrons. The maximum absolute atomic E-state index is 12.3. The minimum atomic E-state index is -4.78. The van der Waals surface area contributed by atoms with Crippen molar-refractivity contribution in [1.29, 1.82) is 0 Å². The van der Waals surface area contributed by atoms with Crippen molar-refractivity contribution in [2.24, 2.45) is 0 Å². The second kappa shape index (κ2) is 37.7. The predicted molar refractivity (Wildman–Crippen MR) is 216 cm³/mol. The molecule has 0 aliphatic rings. The smallest absolute Gasteiger partial charge is 0.462 e.